The van der Waals surface area contributed by atoms with Crippen molar-refractivity contribution in [1.82, 2.24) is 0 Å². The smallest absolute Gasteiger partial charge is 0.310 e. The molecule has 0 aliphatic carbocycles. The number of nitro groups is 2. The van der Waals surface area contributed by atoms with Crippen LogP contribution in [-0.2, 0) is 9.59 Å². The Morgan fingerprint density at radius 3 is 1.43 bits per heavy atom. The second kappa shape index (κ2) is 8.39. The van der Waals surface area contributed by atoms with Gasteiger partial charge in [0.1, 0.15) is 12.8 Å². The third-order valence-electron chi connectivity index (χ3n) is 2.82. The molecule has 0 aliphatic rings. The van der Waals surface area contributed by atoms with Gasteiger partial charge in [-0.3, -0.25) is 29.8 Å². The van der Waals surface area contributed by atoms with Crippen LogP contribution < -0.4 is 0 Å². The Hall–Kier alpha value is -1.91. The number of carboxylic acid groups (broad SMARTS) is 2. The third-order valence-corrected chi connectivity index (χ3v) is 4.31. The Bertz CT molecular complexity index is 391. The average Bonchev–Trinajstić information content (AvgIpc) is 2.31. The van der Waals surface area contributed by atoms with Crippen LogP contribution >= 0.6 is 11.8 Å². The molecule has 0 radical (unpaired) electrons. The van der Waals surface area contributed by atoms with Crippen molar-refractivity contribution in [1.29, 1.82) is 0 Å². The minimum atomic E-state index is -1.40. The highest BCUT2D eigenvalue weighted by Crippen LogP contribution is 2.27. The summed E-state index contributed by atoms with van der Waals surface area (Å²) in [5.74, 6) is -2.68. The zero-order valence-corrected chi connectivity index (χ0v) is 12.2. The number of rotatable bonds is 10. The maximum absolute atomic E-state index is 10.8. The van der Waals surface area contributed by atoms with Gasteiger partial charge >= 0.3 is 11.9 Å². The minimum absolute atomic E-state index is 0.698. The molecule has 10 nitrogen and oxygen atoms in total. The molecule has 0 amide bonds. The Balaban J connectivity index is 4.88. The summed E-state index contributed by atoms with van der Waals surface area (Å²) < 4.78 is 0. The lowest BCUT2D eigenvalue weighted by Crippen LogP contribution is -2.37. The summed E-state index contributed by atoms with van der Waals surface area (Å²) in [6.07, 6.45) is -1.40. The molecule has 0 aromatic heterocycles. The van der Waals surface area contributed by atoms with Gasteiger partial charge in [0.25, 0.3) is 0 Å². The molecule has 120 valence electrons. The Morgan fingerprint density at radius 1 is 0.952 bits per heavy atom. The molecule has 4 unspecified atom stereocenters. The summed E-state index contributed by atoms with van der Waals surface area (Å²) in [6.45, 7) is 2.80. The summed E-state index contributed by atoms with van der Waals surface area (Å²) in [6, 6.07) is -2.79. The van der Waals surface area contributed by atoms with E-state index in [1.807, 2.05) is 0 Å². The number of aliphatic carboxylic acids is 2. The van der Waals surface area contributed by atoms with Gasteiger partial charge in [0.2, 0.25) is 12.1 Å². The van der Waals surface area contributed by atoms with E-state index in [1.165, 1.54) is 13.8 Å². The highest BCUT2D eigenvalue weighted by molar-refractivity contribution is 8.00. The molecule has 2 N–H and O–H groups in total. The van der Waals surface area contributed by atoms with Crippen molar-refractivity contribution in [2.75, 3.05) is 0 Å². The predicted molar refractivity (Wildman–Crippen MR) is 72.6 cm³/mol. The van der Waals surface area contributed by atoms with E-state index in [0.29, 0.717) is 0 Å². The predicted octanol–water partition coefficient (Wildman–Crippen LogP) is 0.737. The fourth-order valence-electron chi connectivity index (χ4n) is 1.70. The van der Waals surface area contributed by atoms with Crippen LogP contribution in [0, 0.1) is 20.2 Å². The summed E-state index contributed by atoms with van der Waals surface area (Å²) in [5, 5.41) is 37.3. The first-order valence-corrected chi connectivity index (χ1v) is 6.86. The molecule has 0 saturated heterocycles. The molecule has 4 atom stereocenters. The quantitative estimate of drug-likeness (QED) is 0.436. The summed E-state index contributed by atoms with van der Waals surface area (Å²) >= 11 is 0.846. The molecule has 0 aromatic rings. The van der Waals surface area contributed by atoms with E-state index in [-0.39, 0.29) is 0 Å². The summed E-state index contributed by atoms with van der Waals surface area (Å²) in [4.78, 5) is 41.4. The topological polar surface area (TPSA) is 161 Å². The third kappa shape index (κ3) is 6.88. The Labute approximate surface area is 123 Å². The van der Waals surface area contributed by atoms with Crippen LogP contribution in [0.15, 0.2) is 0 Å². The fourth-order valence-corrected chi connectivity index (χ4v) is 3.13. The Morgan fingerprint density at radius 2 is 1.24 bits per heavy atom. The monoisotopic (exact) mass is 324 g/mol. The molecule has 0 spiro atoms. The zero-order chi connectivity index (χ0) is 16.7. The first kappa shape index (κ1) is 19.1. The lowest BCUT2D eigenvalue weighted by Gasteiger charge is -2.21. The first-order chi connectivity index (χ1) is 9.56. The van der Waals surface area contributed by atoms with Crippen LogP contribution in [-0.4, -0.2) is 54.6 Å². The standard InChI is InChI=1S/C10H16N2O8S/c1-5(7(11(17)18)3-9(13)14)21-6(2)8(12(19)20)4-10(15)16/h5-8H,3-4H2,1-2H3,(H,13,14)(H,15,16). The van der Waals surface area contributed by atoms with Crippen LogP contribution in [0.5, 0.6) is 0 Å². The average molecular weight is 324 g/mol. The van der Waals surface area contributed by atoms with Crippen LogP contribution in [0.4, 0.5) is 0 Å². The highest BCUT2D eigenvalue weighted by Gasteiger charge is 2.37. The van der Waals surface area contributed by atoms with Crippen molar-refractivity contribution < 1.29 is 29.6 Å². The van der Waals surface area contributed by atoms with Gasteiger partial charge in [0, 0.05) is 9.85 Å². The number of carboxylic acids is 2. The molecule has 0 aliphatic heterocycles. The van der Waals surface area contributed by atoms with E-state index in [0.717, 1.165) is 11.8 Å². The van der Waals surface area contributed by atoms with E-state index in [4.69, 9.17) is 10.2 Å². The number of hydrogen-bond acceptors (Lipinski definition) is 7. The Kier molecular flexibility index (Phi) is 7.63. The van der Waals surface area contributed by atoms with Gasteiger partial charge in [-0.1, -0.05) is 0 Å². The largest absolute Gasteiger partial charge is 0.481 e. The van der Waals surface area contributed by atoms with Crippen LogP contribution in [0.1, 0.15) is 26.7 Å². The normalized spacial score (nSPS) is 16.5. The van der Waals surface area contributed by atoms with Crippen LogP contribution in [0.3, 0.4) is 0 Å². The molecular formula is C10H16N2O8S. The number of hydrogen-bond donors (Lipinski definition) is 2. The van der Waals surface area contributed by atoms with Crippen LogP contribution in [0.25, 0.3) is 0 Å². The maximum atomic E-state index is 10.8. The first-order valence-electron chi connectivity index (χ1n) is 5.92. The molecule has 11 heteroatoms. The second-order valence-electron chi connectivity index (χ2n) is 4.45. The number of nitrogens with zero attached hydrogens (tertiary/aromatic N) is 2. The molecule has 0 rings (SSSR count). The van der Waals surface area contributed by atoms with E-state index in [1.54, 1.807) is 0 Å². The zero-order valence-electron chi connectivity index (χ0n) is 11.4. The molecule has 0 saturated carbocycles. The minimum Gasteiger partial charge on any atom is -0.481 e. The van der Waals surface area contributed by atoms with Gasteiger partial charge in [-0.05, 0) is 13.8 Å². The van der Waals surface area contributed by atoms with Gasteiger partial charge in [-0.25, -0.2) is 0 Å². The molecule has 0 aromatic carbocycles. The van der Waals surface area contributed by atoms with E-state index >= 15 is 0 Å². The maximum Gasteiger partial charge on any atom is 0.310 e. The molecule has 0 bridgehead atoms. The fraction of sp³-hybridized carbons (Fsp3) is 0.800. The summed E-state index contributed by atoms with van der Waals surface area (Å²) in [7, 11) is 0. The van der Waals surface area contributed by atoms with Crippen molar-refractivity contribution in [2.24, 2.45) is 0 Å². The van der Waals surface area contributed by atoms with Crippen LogP contribution in [0.2, 0.25) is 0 Å². The molecule has 0 heterocycles. The highest BCUT2D eigenvalue weighted by atomic mass is 32.2. The van der Waals surface area contributed by atoms with Gasteiger partial charge in [0.05, 0.1) is 10.5 Å². The van der Waals surface area contributed by atoms with E-state index in [2.05, 4.69) is 0 Å². The van der Waals surface area contributed by atoms with Gasteiger partial charge in [-0.15, -0.1) is 11.8 Å². The lowest BCUT2D eigenvalue weighted by atomic mass is 10.1. The SMILES string of the molecule is CC(SC(C)C(CC(=O)O)[N+](=O)[O-])C(CC(=O)O)[N+](=O)[O-]. The summed E-state index contributed by atoms with van der Waals surface area (Å²) in [5.41, 5.74) is 0. The molecule has 0 fully saturated rings. The van der Waals surface area contributed by atoms with Crippen molar-refractivity contribution in [3.63, 3.8) is 0 Å². The van der Waals surface area contributed by atoms with Crippen molar-refractivity contribution >= 4 is 23.7 Å². The van der Waals surface area contributed by atoms with Crippen molar-refractivity contribution in [2.45, 2.75) is 49.3 Å². The van der Waals surface area contributed by atoms with Gasteiger partial charge < -0.3 is 10.2 Å². The van der Waals surface area contributed by atoms with E-state index < -0.39 is 57.2 Å². The molecular weight excluding hydrogens is 308 g/mol. The van der Waals surface area contributed by atoms with Gasteiger partial charge in [0.15, 0.2) is 0 Å². The lowest BCUT2D eigenvalue weighted by molar-refractivity contribution is -0.522. The van der Waals surface area contributed by atoms with Crippen molar-refractivity contribution in [3.05, 3.63) is 20.2 Å². The number of thioether (sulfide) groups is 1. The van der Waals surface area contributed by atoms with E-state index in [9.17, 15) is 29.8 Å². The number of carbonyl (C=O) groups is 2. The van der Waals surface area contributed by atoms with Crippen molar-refractivity contribution in [3.8, 4) is 0 Å². The second-order valence-corrected chi connectivity index (χ2v) is 6.21. The molecule has 21 heavy (non-hydrogen) atoms. The van der Waals surface area contributed by atoms with Gasteiger partial charge in [-0.2, -0.15) is 0 Å².